The van der Waals surface area contributed by atoms with E-state index in [1.54, 1.807) is 0 Å². The Morgan fingerprint density at radius 1 is 1.47 bits per heavy atom. The number of rotatable bonds is 5. The summed E-state index contributed by atoms with van der Waals surface area (Å²) in [5.41, 5.74) is -1.07. The number of carbonyl (C=O) groups excluding carboxylic acids is 1. The average Bonchev–Trinajstić information content (AvgIpc) is 2.21. The lowest BCUT2D eigenvalue weighted by Gasteiger charge is -2.36. The van der Waals surface area contributed by atoms with Gasteiger partial charge in [-0.2, -0.15) is 0 Å². The van der Waals surface area contributed by atoms with Gasteiger partial charge in [-0.25, -0.2) is 0 Å². The molecule has 0 aliphatic carbocycles. The average molecular weight is 215 g/mol. The van der Waals surface area contributed by atoms with Crippen molar-refractivity contribution < 1.29 is 14.6 Å². The van der Waals surface area contributed by atoms with Crippen LogP contribution in [0.1, 0.15) is 26.7 Å². The van der Waals surface area contributed by atoms with Gasteiger partial charge in [-0.1, -0.05) is 0 Å². The molecule has 0 saturated carbocycles. The van der Waals surface area contributed by atoms with E-state index < -0.39 is 5.60 Å². The molecular formula is C11H21NO3. The van der Waals surface area contributed by atoms with E-state index in [1.165, 1.54) is 6.92 Å². The highest BCUT2D eigenvalue weighted by Crippen LogP contribution is 2.22. The Morgan fingerprint density at radius 2 is 2.07 bits per heavy atom. The van der Waals surface area contributed by atoms with Crippen LogP contribution in [-0.4, -0.2) is 54.2 Å². The van der Waals surface area contributed by atoms with Crippen LogP contribution >= 0.6 is 0 Å². The quantitative estimate of drug-likeness (QED) is 0.676. The van der Waals surface area contributed by atoms with Crippen LogP contribution < -0.4 is 0 Å². The first-order chi connectivity index (χ1) is 7.08. The molecule has 1 rings (SSSR count). The number of hydrogen-bond donors (Lipinski definition) is 1. The third-order valence-corrected chi connectivity index (χ3v) is 3.09. The molecule has 1 N–H and O–H groups in total. The summed E-state index contributed by atoms with van der Waals surface area (Å²) in [6.07, 6.45) is 1.10. The van der Waals surface area contributed by atoms with E-state index in [9.17, 15) is 9.90 Å². The lowest BCUT2D eigenvalue weighted by Crippen LogP contribution is -2.49. The predicted octanol–water partition coefficient (Wildman–Crippen LogP) is 0.439. The third kappa shape index (κ3) is 3.55. The Morgan fingerprint density at radius 3 is 2.53 bits per heavy atom. The molecule has 1 saturated heterocycles. The van der Waals surface area contributed by atoms with Crippen LogP contribution in [0.25, 0.3) is 0 Å². The van der Waals surface area contributed by atoms with Crippen molar-refractivity contribution in [3.05, 3.63) is 0 Å². The second kappa shape index (κ2) is 5.58. The number of likely N-dealkylation sites (tertiary alicyclic amines) is 1. The summed E-state index contributed by atoms with van der Waals surface area (Å²) in [6, 6.07) is 0. The van der Waals surface area contributed by atoms with Crippen molar-refractivity contribution in [2.75, 3.05) is 32.8 Å². The van der Waals surface area contributed by atoms with Gasteiger partial charge in [-0.3, -0.25) is 4.79 Å². The predicted molar refractivity (Wildman–Crippen MR) is 57.8 cm³/mol. The number of Topliss-reactive ketones (excluding diaryl/α,β-unsaturated/α-hetero) is 1. The smallest absolute Gasteiger partial charge is 0.161 e. The largest absolute Gasteiger partial charge is 0.382 e. The fourth-order valence-electron chi connectivity index (χ4n) is 1.84. The molecule has 0 atom stereocenters. The SMILES string of the molecule is CCOCCN1CCC(O)(C(C)=O)CC1. The van der Waals surface area contributed by atoms with Crippen LogP contribution in [0.15, 0.2) is 0 Å². The molecule has 0 aromatic heterocycles. The molecule has 4 heteroatoms. The van der Waals surface area contributed by atoms with Gasteiger partial charge in [0.25, 0.3) is 0 Å². The van der Waals surface area contributed by atoms with Crippen molar-refractivity contribution >= 4 is 5.78 Å². The standard InChI is InChI=1S/C11H21NO3/c1-3-15-9-8-12-6-4-11(14,5-7-12)10(2)13/h14H,3-9H2,1-2H3. The first-order valence-electron chi connectivity index (χ1n) is 5.62. The summed E-state index contributed by atoms with van der Waals surface area (Å²) >= 11 is 0. The van der Waals surface area contributed by atoms with E-state index in [2.05, 4.69) is 4.90 Å². The van der Waals surface area contributed by atoms with Crippen LogP contribution in [0.5, 0.6) is 0 Å². The minimum atomic E-state index is -1.07. The zero-order chi connectivity index (χ0) is 11.3. The van der Waals surface area contributed by atoms with Crippen molar-refractivity contribution in [1.29, 1.82) is 0 Å². The molecule has 1 heterocycles. The molecule has 0 bridgehead atoms. The van der Waals surface area contributed by atoms with Crippen LogP contribution in [-0.2, 0) is 9.53 Å². The lowest BCUT2D eigenvalue weighted by atomic mass is 9.88. The topological polar surface area (TPSA) is 49.8 Å². The number of ketones is 1. The second-order valence-corrected chi connectivity index (χ2v) is 4.13. The van der Waals surface area contributed by atoms with Crippen LogP contribution in [0.3, 0.4) is 0 Å². The second-order valence-electron chi connectivity index (χ2n) is 4.13. The normalized spacial score (nSPS) is 21.5. The van der Waals surface area contributed by atoms with E-state index in [4.69, 9.17) is 4.74 Å². The Kier molecular flexibility index (Phi) is 4.70. The molecule has 0 radical (unpaired) electrons. The molecule has 1 fully saturated rings. The van der Waals surface area contributed by atoms with Gasteiger partial charge < -0.3 is 14.7 Å². The molecule has 0 aromatic rings. The van der Waals surface area contributed by atoms with Gasteiger partial charge in [0.2, 0.25) is 0 Å². The maximum atomic E-state index is 11.2. The van der Waals surface area contributed by atoms with Crippen molar-refractivity contribution in [3.63, 3.8) is 0 Å². The van der Waals surface area contributed by atoms with Crippen LogP contribution in [0, 0.1) is 0 Å². The number of ether oxygens (including phenoxy) is 1. The minimum absolute atomic E-state index is 0.105. The number of carbonyl (C=O) groups is 1. The maximum Gasteiger partial charge on any atom is 0.161 e. The molecule has 88 valence electrons. The van der Waals surface area contributed by atoms with E-state index in [0.29, 0.717) is 12.8 Å². The van der Waals surface area contributed by atoms with E-state index in [0.717, 1.165) is 32.8 Å². The lowest BCUT2D eigenvalue weighted by molar-refractivity contribution is -0.140. The van der Waals surface area contributed by atoms with Gasteiger partial charge in [-0.05, 0) is 26.7 Å². The molecule has 1 aliphatic heterocycles. The molecule has 4 nitrogen and oxygen atoms in total. The number of nitrogens with zero attached hydrogens (tertiary/aromatic N) is 1. The van der Waals surface area contributed by atoms with Crippen LogP contribution in [0.4, 0.5) is 0 Å². The summed E-state index contributed by atoms with van der Waals surface area (Å²) in [5, 5.41) is 9.93. The van der Waals surface area contributed by atoms with Crippen LogP contribution in [0.2, 0.25) is 0 Å². The zero-order valence-electron chi connectivity index (χ0n) is 9.66. The van der Waals surface area contributed by atoms with Gasteiger partial charge in [0.1, 0.15) is 5.60 Å². The maximum absolute atomic E-state index is 11.2. The highest BCUT2D eigenvalue weighted by molar-refractivity contribution is 5.84. The highest BCUT2D eigenvalue weighted by atomic mass is 16.5. The van der Waals surface area contributed by atoms with Gasteiger partial charge in [0.05, 0.1) is 6.61 Å². The minimum Gasteiger partial charge on any atom is -0.382 e. The first-order valence-corrected chi connectivity index (χ1v) is 5.62. The Labute approximate surface area is 91.2 Å². The van der Waals surface area contributed by atoms with Crippen molar-refractivity contribution in [1.82, 2.24) is 4.90 Å². The molecule has 1 aliphatic rings. The van der Waals surface area contributed by atoms with Gasteiger partial charge >= 0.3 is 0 Å². The van der Waals surface area contributed by atoms with Gasteiger partial charge in [-0.15, -0.1) is 0 Å². The van der Waals surface area contributed by atoms with Crippen molar-refractivity contribution in [2.24, 2.45) is 0 Å². The van der Waals surface area contributed by atoms with Crippen molar-refractivity contribution in [2.45, 2.75) is 32.3 Å². The number of hydrogen-bond acceptors (Lipinski definition) is 4. The van der Waals surface area contributed by atoms with E-state index in [1.807, 2.05) is 6.92 Å². The van der Waals surface area contributed by atoms with E-state index >= 15 is 0 Å². The summed E-state index contributed by atoms with van der Waals surface area (Å²) in [5.74, 6) is -0.105. The monoisotopic (exact) mass is 215 g/mol. The summed E-state index contributed by atoms with van der Waals surface area (Å²) in [7, 11) is 0. The molecule has 0 unspecified atom stereocenters. The summed E-state index contributed by atoms with van der Waals surface area (Å²) in [6.45, 7) is 7.37. The fraction of sp³-hybridized carbons (Fsp3) is 0.909. The molecule has 15 heavy (non-hydrogen) atoms. The Bertz CT molecular complexity index is 210. The fourth-order valence-corrected chi connectivity index (χ4v) is 1.84. The van der Waals surface area contributed by atoms with E-state index in [-0.39, 0.29) is 5.78 Å². The molecule has 0 amide bonds. The highest BCUT2D eigenvalue weighted by Gasteiger charge is 2.36. The van der Waals surface area contributed by atoms with Gasteiger partial charge in [0, 0.05) is 26.2 Å². The molecule has 0 aromatic carbocycles. The zero-order valence-corrected chi connectivity index (χ0v) is 9.66. The third-order valence-electron chi connectivity index (χ3n) is 3.09. The number of piperidine rings is 1. The number of aliphatic hydroxyl groups is 1. The summed E-state index contributed by atoms with van der Waals surface area (Å²) < 4.78 is 5.26. The Hall–Kier alpha value is -0.450. The first kappa shape index (κ1) is 12.6. The molecule has 0 spiro atoms. The molecular weight excluding hydrogens is 194 g/mol. The Balaban J connectivity index is 2.26. The van der Waals surface area contributed by atoms with Gasteiger partial charge in [0.15, 0.2) is 5.78 Å². The summed E-state index contributed by atoms with van der Waals surface area (Å²) in [4.78, 5) is 13.4. The van der Waals surface area contributed by atoms with Crippen molar-refractivity contribution in [3.8, 4) is 0 Å².